The zero-order valence-corrected chi connectivity index (χ0v) is 29.7. The van der Waals surface area contributed by atoms with E-state index in [9.17, 15) is 24.5 Å². The van der Waals surface area contributed by atoms with Crippen LogP contribution in [-0.4, -0.2) is 34.7 Å². The van der Waals surface area contributed by atoms with E-state index in [1.807, 2.05) is 36.4 Å². The molecule has 6 aromatic rings. The van der Waals surface area contributed by atoms with Crippen molar-refractivity contribution >= 4 is 63.4 Å². The fourth-order valence-electron chi connectivity index (χ4n) is 5.18. The molecule has 5 aromatic carbocycles. The molecule has 0 aliphatic rings. The number of nitro groups is 1. The number of benzene rings is 5. The van der Waals surface area contributed by atoms with Crippen LogP contribution in [0.1, 0.15) is 26.7 Å². The van der Waals surface area contributed by atoms with Gasteiger partial charge in [-0.2, -0.15) is 0 Å². The number of thioether (sulfide) groups is 1. The van der Waals surface area contributed by atoms with Crippen LogP contribution in [0.15, 0.2) is 149 Å². The molecule has 0 radical (unpaired) electrons. The fourth-order valence-corrected chi connectivity index (χ4v) is 6.99. The van der Waals surface area contributed by atoms with Crippen LogP contribution in [0.5, 0.6) is 5.75 Å². The number of hydrogen-bond donors (Lipinski definition) is 3. The topological polar surface area (TPSA) is 153 Å². The Kier molecular flexibility index (Phi) is 11.7. The van der Waals surface area contributed by atoms with Gasteiger partial charge in [-0.15, -0.1) is 23.1 Å². The Bertz CT molecular complexity index is 2300. The van der Waals surface area contributed by atoms with Gasteiger partial charge >= 0.3 is 0 Å². The van der Waals surface area contributed by atoms with E-state index in [-0.39, 0.29) is 17.3 Å². The number of nitrogens with zero attached hydrogens (tertiary/aromatic N) is 2. The molecule has 0 bridgehead atoms. The number of rotatable bonds is 13. The number of carbonyl (C=O) groups excluding carboxylic acids is 3. The Morgan fingerprint density at radius 1 is 0.849 bits per heavy atom. The standard InChI is InChI=1S/C40H31N5O6S2/c1-51-35-21-9-8-16-29(35)23-33(42-37(46)27-14-6-3-7-15-27)38(47)41-30-18-11-20-32(24-30)53-36(26-12-4-2-5-13-26)39(48)44-40-43-34(25-52-40)28-17-10-19-31(22-28)45(49)50/h2-25,36H,1H3,(H,41,47)(H,42,46)(H,43,44,48)/b33-23+. The zero-order valence-electron chi connectivity index (χ0n) is 28.1. The highest BCUT2D eigenvalue weighted by molar-refractivity contribution is 8.00. The van der Waals surface area contributed by atoms with Gasteiger partial charge in [0, 0.05) is 44.8 Å². The van der Waals surface area contributed by atoms with Gasteiger partial charge in [-0.25, -0.2) is 4.98 Å². The van der Waals surface area contributed by atoms with Gasteiger partial charge < -0.3 is 20.7 Å². The van der Waals surface area contributed by atoms with Crippen molar-refractivity contribution in [3.05, 3.63) is 171 Å². The minimum atomic E-state index is -0.710. The highest BCUT2D eigenvalue weighted by Crippen LogP contribution is 2.38. The van der Waals surface area contributed by atoms with Crippen LogP contribution >= 0.6 is 23.1 Å². The number of aromatic nitrogens is 1. The summed E-state index contributed by atoms with van der Waals surface area (Å²) in [6, 6.07) is 38.1. The lowest BCUT2D eigenvalue weighted by Crippen LogP contribution is -2.30. The Balaban J connectivity index is 1.22. The molecule has 11 nitrogen and oxygen atoms in total. The van der Waals surface area contributed by atoms with E-state index in [1.165, 1.54) is 42.3 Å². The molecule has 1 aromatic heterocycles. The molecule has 1 heterocycles. The van der Waals surface area contributed by atoms with Gasteiger partial charge in [-0.1, -0.05) is 84.9 Å². The van der Waals surface area contributed by atoms with Crippen LogP contribution in [0.4, 0.5) is 16.5 Å². The van der Waals surface area contributed by atoms with Gasteiger partial charge in [0.1, 0.15) is 16.7 Å². The Labute approximate surface area is 312 Å². The van der Waals surface area contributed by atoms with Gasteiger partial charge in [0.2, 0.25) is 5.91 Å². The summed E-state index contributed by atoms with van der Waals surface area (Å²) in [6.45, 7) is 0. The van der Waals surface area contributed by atoms with Gasteiger partial charge in [0.25, 0.3) is 17.5 Å². The zero-order chi connectivity index (χ0) is 37.2. The average molecular weight is 742 g/mol. The highest BCUT2D eigenvalue weighted by Gasteiger charge is 2.24. The van der Waals surface area contributed by atoms with Crippen LogP contribution < -0.4 is 20.7 Å². The molecule has 1 atom stereocenters. The second-order valence-electron chi connectivity index (χ2n) is 11.3. The first kappa shape index (κ1) is 36.2. The number of non-ortho nitro benzene ring substituents is 1. The first-order valence-electron chi connectivity index (χ1n) is 16.1. The number of nitro benzene ring substituents is 1. The molecule has 0 saturated carbocycles. The SMILES string of the molecule is COc1ccccc1/C=C(/NC(=O)c1ccccc1)C(=O)Nc1cccc(SC(C(=O)Nc2nc(-c3cccc([N+](=O)[O-])c3)cs2)c2ccccc2)c1. The molecule has 0 fully saturated rings. The van der Waals surface area contributed by atoms with Crippen molar-refractivity contribution in [3.63, 3.8) is 0 Å². The van der Waals surface area contributed by atoms with E-state index in [2.05, 4.69) is 20.9 Å². The van der Waals surface area contributed by atoms with Crippen LogP contribution in [0.3, 0.4) is 0 Å². The van der Waals surface area contributed by atoms with Crippen LogP contribution in [0, 0.1) is 10.1 Å². The molecule has 13 heteroatoms. The van der Waals surface area contributed by atoms with Crippen LogP contribution in [-0.2, 0) is 9.59 Å². The van der Waals surface area contributed by atoms with Gasteiger partial charge in [0.15, 0.2) is 5.13 Å². The van der Waals surface area contributed by atoms with Crippen molar-refractivity contribution in [2.45, 2.75) is 10.1 Å². The number of anilines is 2. The van der Waals surface area contributed by atoms with Gasteiger partial charge in [-0.3, -0.25) is 24.5 Å². The lowest BCUT2D eigenvalue weighted by Gasteiger charge is -2.17. The summed E-state index contributed by atoms with van der Waals surface area (Å²) in [5, 5.41) is 21.1. The van der Waals surface area contributed by atoms with E-state index >= 15 is 0 Å². The second kappa shape index (κ2) is 17.1. The van der Waals surface area contributed by atoms with Crippen LogP contribution in [0.2, 0.25) is 0 Å². The summed E-state index contributed by atoms with van der Waals surface area (Å²) in [4.78, 5) is 56.7. The molecule has 1 unspecified atom stereocenters. The summed E-state index contributed by atoms with van der Waals surface area (Å²) in [5.41, 5.74) is 3.15. The largest absolute Gasteiger partial charge is 0.496 e. The monoisotopic (exact) mass is 741 g/mol. The normalized spacial score (nSPS) is 11.6. The minimum Gasteiger partial charge on any atom is -0.496 e. The summed E-state index contributed by atoms with van der Waals surface area (Å²) >= 11 is 2.49. The molecule has 3 amide bonds. The van der Waals surface area contributed by atoms with E-state index in [1.54, 1.807) is 96.4 Å². The number of carbonyl (C=O) groups is 3. The smallest absolute Gasteiger partial charge is 0.272 e. The van der Waals surface area contributed by atoms with Gasteiger partial charge in [0.05, 0.1) is 17.7 Å². The Morgan fingerprint density at radius 3 is 2.32 bits per heavy atom. The lowest BCUT2D eigenvalue weighted by atomic mass is 10.1. The van der Waals surface area contributed by atoms with Crippen molar-refractivity contribution in [1.29, 1.82) is 0 Å². The third kappa shape index (κ3) is 9.41. The third-order valence-electron chi connectivity index (χ3n) is 7.74. The van der Waals surface area contributed by atoms with E-state index in [0.29, 0.717) is 43.8 Å². The molecule has 3 N–H and O–H groups in total. The maximum absolute atomic E-state index is 13.8. The van der Waals surface area contributed by atoms with E-state index < -0.39 is 22.0 Å². The van der Waals surface area contributed by atoms with Gasteiger partial charge in [-0.05, 0) is 48.0 Å². The molecule has 0 aliphatic heterocycles. The van der Waals surface area contributed by atoms with Crippen molar-refractivity contribution < 1.29 is 24.0 Å². The predicted molar refractivity (Wildman–Crippen MR) is 208 cm³/mol. The number of nitrogens with one attached hydrogen (secondary N) is 3. The summed E-state index contributed by atoms with van der Waals surface area (Å²) < 4.78 is 5.46. The Morgan fingerprint density at radius 2 is 1.57 bits per heavy atom. The summed E-state index contributed by atoms with van der Waals surface area (Å²) in [6.07, 6.45) is 1.55. The number of hydrogen-bond acceptors (Lipinski definition) is 9. The second-order valence-corrected chi connectivity index (χ2v) is 13.4. The minimum absolute atomic E-state index is 0.00382. The van der Waals surface area contributed by atoms with Crippen molar-refractivity contribution in [3.8, 4) is 17.0 Å². The first-order valence-corrected chi connectivity index (χ1v) is 17.9. The molecule has 264 valence electrons. The van der Waals surface area contributed by atoms with E-state index in [4.69, 9.17) is 4.74 Å². The molecule has 6 rings (SSSR count). The maximum Gasteiger partial charge on any atom is 0.272 e. The number of methoxy groups -OCH3 is 1. The van der Waals surface area contributed by atoms with Crippen LogP contribution in [0.25, 0.3) is 17.3 Å². The highest BCUT2D eigenvalue weighted by atomic mass is 32.2. The molecular weight excluding hydrogens is 711 g/mol. The number of thiazole rings is 1. The average Bonchev–Trinajstić information content (AvgIpc) is 3.66. The summed E-state index contributed by atoms with van der Waals surface area (Å²) in [5.74, 6) is -0.835. The molecule has 0 spiro atoms. The molecule has 0 saturated heterocycles. The number of ether oxygens (including phenoxy) is 1. The third-order valence-corrected chi connectivity index (χ3v) is 9.75. The maximum atomic E-state index is 13.8. The predicted octanol–water partition coefficient (Wildman–Crippen LogP) is 8.61. The van der Waals surface area contributed by atoms with Crippen molar-refractivity contribution in [2.75, 3.05) is 17.7 Å². The quantitative estimate of drug-likeness (QED) is 0.0461. The van der Waals surface area contributed by atoms with E-state index in [0.717, 1.165) is 5.56 Å². The molecule has 0 aliphatic carbocycles. The van der Waals surface area contributed by atoms with Crippen molar-refractivity contribution in [1.82, 2.24) is 10.3 Å². The Hall–Kier alpha value is -6.57. The lowest BCUT2D eigenvalue weighted by molar-refractivity contribution is -0.384. The fraction of sp³-hybridized carbons (Fsp3) is 0.0500. The summed E-state index contributed by atoms with van der Waals surface area (Å²) in [7, 11) is 1.52. The molecular formula is C40H31N5O6S2. The van der Waals surface area contributed by atoms with Crippen molar-refractivity contribution in [2.24, 2.45) is 0 Å². The number of para-hydroxylation sites is 1. The number of amides is 3. The molecule has 53 heavy (non-hydrogen) atoms. The first-order chi connectivity index (χ1) is 25.8.